The van der Waals surface area contributed by atoms with E-state index in [1.54, 1.807) is 56.3 Å². The molecule has 1 aliphatic carbocycles. The van der Waals surface area contributed by atoms with Crippen molar-refractivity contribution in [1.82, 2.24) is 4.72 Å². The van der Waals surface area contributed by atoms with E-state index in [0.29, 0.717) is 16.9 Å². The van der Waals surface area contributed by atoms with Crippen LogP contribution in [0.1, 0.15) is 32.3 Å². The van der Waals surface area contributed by atoms with Crippen LogP contribution in [0.2, 0.25) is 0 Å². The van der Waals surface area contributed by atoms with Gasteiger partial charge in [-0.3, -0.25) is 9.59 Å². The first-order valence-corrected chi connectivity index (χ1v) is 11.2. The van der Waals surface area contributed by atoms with Crippen molar-refractivity contribution in [1.29, 1.82) is 0 Å². The van der Waals surface area contributed by atoms with E-state index in [2.05, 4.69) is 15.4 Å². The minimum Gasteiger partial charge on any atom is -0.326 e. The van der Waals surface area contributed by atoms with Crippen LogP contribution in [-0.4, -0.2) is 26.3 Å². The minimum absolute atomic E-state index is 0.0514. The quantitative estimate of drug-likeness (QED) is 0.562. The summed E-state index contributed by atoms with van der Waals surface area (Å²) in [5.41, 5.74) is 1.86. The Bertz CT molecular complexity index is 1060. The maximum Gasteiger partial charge on any atom is 0.248 e. The number of amides is 2. The van der Waals surface area contributed by atoms with E-state index in [1.165, 1.54) is 18.2 Å². The zero-order valence-electron chi connectivity index (χ0n) is 16.9. The van der Waals surface area contributed by atoms with Gasteiger partial charge in [0.1, 0.15) is 0 Å². The predicted molar refractivity (Wildman–Crippen MR) is 117 cm³/mol. The van der Waals surface area contributed by atoms with Gasteiger partial charge in [0.25, 0.3) is 0 Å². The second-order valence-electron chi connectivity index (χ2n) is 7.51. The van der Waals surface area contributed by atoms with Crippen molar-refractivity contribution in [3.8, 4) is 0 Å². The summed E-state index contributed by atoms with van der Waals surface area (Å²) in [6.07, 6.45) is 4.72. The van der Waals surface area contributed by atoms with Gasteiger partial charge < -0.3 is 10.6 Å². The molecular formula is C22H25N3O4S. The summed E-state index contributed by atoms with van der Waals surface area (Å²) >= 11 is 0. The van der Waals surface area contributed by atoms with Crippen LogP contribution in [0.5, 0.6) is 0 Å². The Balaban J connectivity index is 1.59. The second-order valence-corrected chi connectivity index (χ2v) is 9.23. The molecule has 7 nitrogen and oxygen atoms in total. The Morgan fingerprint density at radius 3 is 2.23 bits per heavy atom. The molecule has 0 radical (unpaired) electrons. The summed E-state index contributed by atoms with van der Waals surface area (Å²) < 4.78 is 27.0. The lowest BCUT2D eigenvalue weighted by Crippen LogP contribution is -2.25. The monoisotopic (exact) mass is 427 g/mol. The van der Waals surface area contributed by atoms with Crippen LogP contribution in [0.15, 0.2) is 59.5 Å². The van der Waals surface area contributed by atoms with Gasteiger partial charge in [-0.15, -0.1) is 0 Å². The van der Waals surface area contributed by atoms with Crippen LogP contribution in [0, 0.1) is 5.92 Å². The zero-order valence-corrected chi connectivity index (χ0v) is 17.7. The Morgan fingerprint density at radius 1 is 1.00 bits per heavy atom. The van der Waals surface area contributed by atoms with Gasteiger partial charge in [0.15, 0.2) is 0 Å². The highest BCUT2D eigenvalue weighted by Gasteiger charge is 2.27. The van der Waals surface area contributed by atoms with Crippen molar-refractivity contribution in [2.75, 3.05) is 10.6 Å². The standard InChI is InChI=1S/C22H25N3O4S/c1-15(2)22(27)24-19-5-3-4-18(14-19)23-21(26)13-8-16-6-11-20(12-7-16)30(28,29)25-17-9-10-17/h3-8,11-15,17,25H,9-10H2,1-2H3,(H,23,26)(H,24,27). The lowest BCUT2D eigenvalue weighted by atomic mass is 10.2. The Labute approximate surface area is 176 Å². The Morgan fingerprint density at radius 2 is 1.63 bits per heavy atom. The van der Waals surface area contributed by atoms with Gasteiger partial charge in [0.05, 0.1) is 4.90 Å². The first-order chi connectivity index (χ1) is 14.2. The van der Waals surface area contributed by atoms with E-state index >= 15 is 0 Å². The first kappa shape index (κ1) is 21.7. The molecule has 158 valence electrons. The SMILES string of the molecule is CC(C)C(=O)Nc1cccc(NC(=O)C=Cc2ccc(S(=O)(=O)NC3CC3)cc2)c1. The Hall–Kier alpha value is -2.97. The number of hydrogen-bond donors (Lipinski definition) is 3. The molecule has 0 unspecified atom stereocenters. The maximum atomic E-state index is 12.2. The number of anilines is 2. The molecule has 1 aliphatic rings. The van der Waals surface area contributed by atoms with E-state index in [9.17, 15) is 18.0 Å². The van der Waals surface area contributed by atoms with Crippen molar-refractivity contribution in [3.63, 3.8) is 0 Å². The highest BCUT2D eigenvalue weighted by molar-refractivity contribution is 7.89. The summed E-state index contributed by atoms with van der Waals surface area (Å²) in [4.78, 5) is 24.2. The summed E-state index contributed by atoms with van der Waals surface area (Å²) in [6, 6.07) is 13.3. The summed E-state index contributed by atoms with van der Waals surface area (Å²) in [6.45, 7) is 3.61. The summed E-state index contributed by atoms with van der Waals surface area (Å²) in [5, 5.41) is 5.52. The number of nitrogens with one attached hydrogen (secondary N) is 3. The average molecular weight is 428 g/mol. The summed E-state index contributed by atoms with van der Waals surface area (Å²) in [7, 11) is -3.49. The molecule has 2 aromatic rings. The molecule has 0 heterocycles. The van der Waals surface area contributed by atoms with Gasteiger partial charge in [0, 0.05) is 29.4 Å². The van der Waals surface area contributed by atoms with E-state index in [0.717, 1.165) is 12.8 Å². The molecule has 3 rings (SSSR count). The molecule has 1 saturated carbocycles. The van der Waals surface area contributed by atoms with Crippen LogP contribution < -0.4 is 15.4 Å². The Kier molecular flexibility index (Phi) is 6.69. The molecule has 0 aromatic heterocycles. The van der Waals surface area contributed by atoms with Gasteiger partial charge in [-0.2, -0.15) is 0 Å². The third kappa shape index (κ3) is 6.27. The fourth-order valence-corrected chi connectivity index (χ4v) is 3.87. The third-order valence-electron chi connectivity index (χ3n) is 4.44. The molecule has 0 saturated heterocycles. The van der Waals surface area contributed by atoms with Gasteiger partial charge in [0.2, 0.25) is 21.8 Å². The molecule has 0 spiro atoms. The maximum absolute atomic E-state index is 12.2. The van der Waals surface area contributed by atoms with Crippen molar-refractivity contribution in [2.45, 2.75) is 37.6 Å². The van der Waals surface area contributed by atoms with Gasteiger partial charge in [-0.25, -0.2) is 13.1 Å². The second kappa shape index (κ2) is 9.23. The molecule has 1 fully saturated rings. The van der Waals surface area contributed by atoms with E-state index in [4.69, 9.17) is 0 Å². The number of benzene rings is 2. The largest absolute Gasteiger partial charge is 0.326 e. The summed E-state index contributed by atoms with van der Waals surface area (Å²) in [5.74, 6) is -0.581. The molecule has 2 aromatic carbocycles. The van der Waals surface area contributed by atoms with Crippen molar-refractivity contribution in [3.05, 3.63) is 60.2 Å². The fraction of sp³-hybridized carbons (Fsp3) is 0.273. The number of carbonyl (C=O) groups excluding carboxylic acids is 2. The molecular weight excluding hydrogens is 402 g/mol. The number of rotatable bonds is 8. The van der Waals surface area contributed by atoms with E-state index < -0.39 is 10.0 Å². The number of carbonyl (C=O) groups is 2. The van der Waals surface area contributed by atoms with Gasteiger partial charge in [-0.1, -0.05) is 32.0 Å². The van der Waals surface area contributed by atoms with Gasteiger partial charge in [-0.05, 0) is 54.8 Å². The van der Waals surface area contributed by atoms with Crippen molar-refractivity contribution < 1.29 is 18.0 Å². The first-order valence-electron chi connectivity index (χ1n) is 9.75. The van der Waals surface area contributed by atoms with Gasteiger partial charge >= 0.3 is 0 Å². The van der Waals surface area contributed by atoms with Crippen molar-refractivity contribution >= 4 is 39.3 Å². The molecule has 0 atom stereocenters. The van der Waals surface area contributed by atoms with Crippen LogP contribution in [0.3, 0.4) is 0 Å². The smallest absolute Gasteiger partial charge is 0.248 e. The molecule has 8 heteroatoms. The number of sulfonamides is 1. The average Bonchev–Trinajstić information content (AvgIpc) is 3.50. The molecule has 3 N–H and O–H groups in total. The highest BCUT2D eigenvalue weighted by Crippen LogP contribution is 2.22. The lowest BCUT2D eigenvalue weighted by Gasteiger charge is -2.09. The van der Waals surface area contributed by atoms with Crippen molar-refractivity contribution in [2.24, 2.45) is 5.92 Å². The number of hydrogen-bond acceptors (Lipinski definition) is 4. The topological polar surface area (TPSA) is 104 Å². The van der Waals surface area contributed by atoms with Crippen LogP contribution in [0.25, 0.3) is 6.08 Å². The van der Waals surface area contributed by atoms with E-state index in [-0.39, 0.29) is 28.7 Å². The van der Waals surface area contributed by atoms with E-state index in [1.807, 2.05) is 0 Å². The normalized spacial score (nSPS) is 14.1. The molecule has 2 amide bonds. The molecule has 30 heavy (non-hydrogen) atoms. The van der Waals surface area contributed by atoms with Crippen LogP contribution in [-0.2, 0) is 19.6 Å². The van der Waals surface area contributed by atoms with Crippen LogP contribution >= 0.6 is 0 Å². The minimum atomic E-state index is -3.49. The third-order valence-corrected chi connectivity index (χ3v) is 5.98. The molecule has 0 aliphatic heterocycles. The van der Waals surface area contributed by atoms with Crippen LogP contribution in [0.4, 0.5) is 11.4 Å². The fourth-order valence-electron chi connectivity index (χ4n) is 2.56. The predicted octanol–water partition coefficient (Wildman–Crippen LogP) is 3.37. The zero-order chi connectivity index (χ0) is 21.7. The molecule has 0 bridgehead atoms. The highest BCUT2D eigenvalue weighted by atomic mass is 32.2. The lowest BCUT2D eigenvalue weighted by molar-refractivity contribution is -0.119.